The minimum atomic E-state index is -5.84. The van der Waals surface area contributed by atoms with Crippen LogP contribution >= 0.6 is 0 Å². The van der Waals surface area contributed by atoms with Crippen molar-refractivity contribution in [2.45, 2.75) is 56.6 Å². The Hall–Kier alpha value is -2.22. The van der Waals surface area contributed by atoms with E-state index in [9.17, 15) is 18.3 Å². The molecular formula is C31H43F3N4O4S. The van der Waals surface area contributed by atoms with Gasteiger partial charge in [0.1, 0.15) is 5.75 Å². The van der Waals surface area contributed by atoms with E-state index < -0.39 is 15.6 Å². The number of halogens is 3. The van der Waals surface area contributed by atoms with Crippen LogP contribution in [-0.4, -0.2) is 109 Å². The lowest BCUT2D eigenvalue weighted by atomic mass is 9.86. The van der Waals surface area contributed by atoms with Crippen molar-refractivity contribution in [3.63, 3.8) is 0 Å². The first-order valence-electron chi connectivity index (χ1n) is 15.4. The highest BCUT2D eigenvalue weighted by atomic mass is 32.2. The minimum Gasteiger partial charge on any atom is -0.508 e. The second-order valence-electron chi connectivity index (χ2n) is 12.1. The lowest BCUT2D eigenvalue weighted by molar-refractivity contribution is -0.0510. The molecule has 0 spiro atoms. The van der Waals surface area contributed by atoms with Gasteiger partial charge in [0.2, 0.25) is 0 Å². The molecule has 2 aromatic carbocycles. The van der Waals surface area contributed by atoms with Crippen LogP contribution in [0, 0.1) is 0 Å². The van der Waals surface area contributed by atoms with Gasteiger partial charge in [-0.1, -0.05) is 24.3 Å². The molecule has 2 fully saturated rings. The van der Waals surface area contributed by atoms with E-state index in [2.05, 4.69) is 43.9 Å². The molecule has 0 bridgehead atoms. The highest BCUT2D eigenvalue weighted by molar-refractivity contribution is 7.86. The van der Waals surface area contributed by atoms with Crippen LogP contribution in [-0.2, 0) is 29.5 Å². The Bertz CT molecular complexity index is 1350. The van der Waals surface area contributed by atoms with E-state index in [0.717, 1.165) is 32.5 Å². The largest absolute Gasteiger partial charge is 0.522 e. The summed E-state index contributed by atoms with van der Waals surface area (Å²) < 4.78 is 57.5. The summed E-state index contributed by atoms with van der Waals surface area (Å²) >= 11 is 0. The normalized spacial score (nSPS) is 22.2. The standard InChI is InChI=1S/C30H42N4O.CHF3O3S/c35-28-7-8-29-25(22-28)10-16-34(20-19-32-13-3-4-14-32)30(29)26-5-6-27-23-33(15-9-24(27)21-26)18-17-31-11-1-2-12-31;2-1(3,4)8(5,6)7/h5-8,21-22,30,35H,1-4,9-20,23H2;(H,5,6,7). The van der Waals surface area contributed by atoms with E-state index in [1.54, 1.807) is 5.56 Å². The van der Waals surface area contributed by atoms with Crippen LogP contribution in [0.1, 0.15) is 59.5 Å². The van der Waals surface area contributed by atoms with Crippen molar-refractivity contribution >= 4 is 10.1 Å². The third kappa shape index (κ3) is 8.29. The van der Waals surface area contributed by atoms with Gasteiger partial charge in [-0.15, -0.1) is 0 Å². The highest BCUT2D eigenvalue weighted by Crippen LogP contribution is 2.38. The quantitative estimate of drug-likeness (QED) is 0.349. The summed E-state index contributed by atoms with van der Waals surface area (Å²) in [6.45, 7) is 13.2. The molecule has 1 atom stereocenters. The molecule has 4 aliphatic rings. The summed E-state index contributed by atoms with van der Waals surface area (Å²) in [5.74, 6) is 0.396. The molecule has 8 nitrogen and oxygen atoms in total. The zero-order valence-corrected chi connectivity index (χ0v) is 25.4. The maximum atomic E-state index is 10.7. The van der Waals surface area contributed by atoms with Crippen LogP contribution in [0.3, 0.4) is 0 Å². The van der Waals surface area contributed by atoms with E-state index >= 15 is 0 Å². The molecule has 4 aliphatic heterocycles. The number of benzene rings is 2. The summed E-state index contributed by atoms with van der Waals surface area (Å²) in [4.78, 5) is 10.6. The Kier molecular flexibility index (Phi) is 10.3. The van der Waals surface area contributed by atoms with Gasteiger partial charge in [-0.05, 0) is 105 Å². The first-order valence-corrected chi connectivity index (χ1v) is 16.8. The molecular weight excluding hydrogens is 581 g/mol. The Morgan fingerprint density at radius 2 is 1.30 bits per heavy atom. The molecule has 0 aliphatic carbocycles. The lowest BCUT2D eigenvalue weighted by Crippen LogP contribution is -2.41. The van der Waals surface area contributed by atoms with Gasteiger partial charge >= 0.3 is 15.6 Å². The van der Waals surface area contributed by atoms with Crippen molar-refractivity contribution in [3.8, 4) is 5.75 Å². The maximum absolute atomic E-state index is 10.7. The molecule has 0 aromatic heterocycles. The van der Waals surface area contributed by atoms with Crippen molar-refractivity contribution in [2.75, 3.05) is 65.4 Å². The highest BCUT2D eigenvalue weighted by Gasteiger charge is 2.44. The predicted molar refractivity (Wildman–Crippen MR) is 160 cm³/mol. The fourth-order valence-corrected chi connectivity index (χ4v) is 6.85. The number of phenolic OH excluding ortho intramolecular Hbond substituents is 1. The number of nitrogens with zero attached hydrogens (tertiary/aromatic N) is 4. The summed E-state index contributed by atoms with van der Waals surface area (Å²) in [5.41, 5.74) is 1.67. The topological polar surface area (TPSA) is 87.6 Å². The molecule has 0 amide bonds. The average molecular weight is 625 g/mol. The number of aromatic hydroxyl groups is 1. The number of likely N-dealkylation sites (tertiary alicyclic amines) is 2. The third-order valence-corrected chi connectivity index (χ3v) is 9.80. The molecule has 2 aromatic rings. The van der Waals surface area contributed by atoms with Gasteiger partial charge in [0.05, 0.1) is 6.04 Å². The summed E-state index contributed by atoms with van der Waals surface area (Å²) in [7, 11) is -5.84. The second kappa shape index (κ2) is 13.8. The van der Waals surface area contributed by atoms with Crippen LogP contribution in [0.5, 0.6) is 5.75 Å². The first kappa shape index (κ1) is 32.2. The summed E-state index contributed by atoms with van der Waals surface area (Å²) in [5, 5.41) is 10.1. The van der Waals surface area contributed by atoms with Crippen molar-refractivity contribution in [2.24, 2.45) is 0 Å². The molecule has 43 heavy (non-hydrogen) atoms. The van der Waals surface area contributed by atoms with Gasteiger partial charge in [-0.3, -0.25) is 14.4 Å². The summed E-state index contributed by atoms with van der Waals surface area (Å²) in [6, 6.07) is 13.7. The molecule has 0 saturated carbocycles. The molecule has 6 rings (SSSR count). The van der Waals surface area contributed by atoms with E-state index in [0.29, 0.717) is 11.8 Å². The van der Waals surface area contributed by atoms with Gasteiger partial charge in [0.25, 0.3) is 0 Å². The van der Waals surface area contributed by atoms with Crippen molar-refractivity contribution in [1.29, 1.82) is 0 Å². The average Bonchev–Trinajstić information content (AvgIpc) is 3.68. The van der Waals surface area contributed by atoms with Crippen LogP contribution in [0.25, 0.3) is 0 Å². The fourth-order valence-electron chi connectivity index (χ4n) is 6.85. The van der Waals surface area contributed by atoms with E-state index in [-0.39, 0.29) is 0 Å². The smallest absolute Gasteiger partial charge is 0.508 e. The van der Waals surface area contributed by atoms with Crippen LogP contribution in [0.2, 0.25) is 0 Å². The molecule has 238 valence electrons. The Morgan fingerprint density at radius 1 is 0.721 bits per heavy atom. The number of hydrogen-bond acceptors (Lipinski definition) is 7. The fraction of sp³-hybridized carbons (Fsp3) is 0.613. The van der Waals surface area contributed by atoms with Gasteiger partial charge in [0.15, 0.2) is 0 Å². The zero-order chi connectivity index (χ0) is 30.6. The van der Waals surface area contributed by atoms with Crippen molar-refractivity contribution in [3.05, 3.63) is 64.2 Å². The Balaban J connectivity index is 0.000000407. The SMILES string of the molecule is O=S(=O)(O)C(F)(F)F.Oc1ccc2c(c1)CCN(CCN1CCCC1)C2c1ccc2c(c1)CCN(CCN1CCCC1)C2. The van der Waals surface area contributed by atoms with Gasteiger partial charge in [0, 0.05) is 45.8 Å². The Morgan fingerprint density at radius 3 is 1.93 bits per heavy atom. The van der Waals surface area contributed by atoms with Crippen LogP contribution < -0.4 is 0 Å². The van der Waals surface area contributed by atoms with Crippen molar-refractivity contribution in [1.82, 2.24) is 19.6 Å². The predicted octanol–water partition coefficient (Wildman–Crippen LogP) is 4.28. The molecule has 4 heterocycles. The van der Waals surface area contributed by atoms with Crippen LogP contribution in [0.4, 0.5) is 13.2 Å². The molecule has 1 unspecified atom stereocenters. The van der Waals surface area contributed by atoms with Gasteiger partial charge in [-0.2, -0.15) is 21.6 Å². The van der Waals surface area contributed by atoms with Gasteiger partial charge < -0.3 is 14.9 Å². The van der Waals surface area contributed by atoms with E-state index in [1.165, 1.54) is 100 Å². The monoisotopic (exact) mass is 624 g/mol. The lowest BCUT2D eigenvalue weighted by Gasteiger charge is -2.39. The zero-order valence-electron chi connectivity index (χ0n) is 24.6. The minimum absolute atomic E-state index is 0.292. The van der Waals surface area contributed by atoms with E-state index in [1.807, 2.05) is 12.1 Å². The Labute approximate surface area is 252 Å². The molecule has 2 saturated heterocycles. The summed E-state index contributed by atoms with van der Waals surface area (Å²) in [6.07, 6.45) is 7.65. The van der Waals surface area contributed by atoms with E-state index in [4.69, 9.17) is 13.0 Å². The molecule has 0 radical (unpaired) electrons. The van der Waals surface area contributed by atoms with Crippen molar-refractivity contribution < 1.29 is 31.2 Å². The maximum Gasteiger partial charge on any atom is 0.522 e. The number of phenols is 1. The third-order valence-electron chi connectivity index (χ3n) is 9.22. The second-order valence-corrected chi connectivity index (χ2v) is 13.6. The molecule has 12 heteroatoms. The first-order chi connectivity index (χ1) is 20.5. The van der Waals surface area contributed by atoms with Crippen LogP contribution in [0.15, 0.2) is 36.4 Å². The number of hydrogen-bond donors (Lipinski definition) is 2. The molecule has 2 N–H and O–H groups in total. The van der Waals surface area contributed by atoms with Gasteiger partial charge in [-0.25, -0.2) is 0 Å². The number of rotatable bonds is 7. The number of fused-ring (bicyclic) bond motifs is 2. The number of alkyl halides is 3.